The molecule has 0 bridgehead atoms. The van der Waals surface area contributed by atoms with Gasteiger partial charge in [0.2, 0.25) is 0 Å². The fraction of sp³-hybridized carbons (Fsp3) is 0.0435. The van der Waals surface area contributed by atoms with Crippen molar-refractivity contribution >= 4 is 103 Å². The van der Waals surface area contributed by atoms with Crippen molar-refractivity contribution in [1.29, 1.82) is 0 Å². The highest BCUT2D eigenvalue weighted by atomic mass is 127. The molecule has 0 aromatic heterocycles. The van der Waals surface area contributed by atoms with Gasteiger partial charge in [-0.25, -0.2) is 4.39 Å². The molecule has 1 heterocycles. The molecule has 0 aliphatic carbocycles. The van der Waals surface area contributed by atoms with E-state index in [2.05, 4.69) is 45.2 Å². The van der Waals surface area contributed by atoms with Gasteiger partial charge in [0.1, 0.15) is 18.2 Å². The summed E-state index contributed by atoms with van der Waals surface area (Å²) < 4.78 is 22.0. The minimum Gasteiger partial charge on any atom is -0.487 e. The van der Waals surface area contributed by atoms with Crippen LogP contribution in [0, 0.1) is 13.0 Å². The molecule has 3 aromatic rings. The van der Waals surface area contributed by atoms with E-state index in [0.29, 0.717) is 27.3 Å². The number of thiocarbonyl (C=S) groups is 1. The maximum atomic E-state index is 13.6. The van der Waals surface area contributed by atoms with Crippen LogP contribution in [-0.4, -0.2) is 10.2 Å². The van der Waals surface area contributed by atoms with Gasteiger partial charge in [0, 0.05) is 9.13 Å². The highest BCUT2D eigenvalue weighted by molar-refractivity contribution is 14.1. The number of carbonyl (C=O) groups is 1. The van der Waals surface area contributed by atoms with E-state index in [1.165, 1.54) is 34.9 Å². The third-order valence-electron chi connectivity index (χ3n) is 4.50. The Morgan fingerprint density at radius 3 is 2.59 bits per heavy atom. The number of rotatable bonds is 5. The zero-order valence-electron chi connectivity index (χ0n) is 16.2. The second kappa shape index (κ2) is 10.4. The van der Waals surface area contributed by atoms with Crippen molar-refractivity contribution in [1.82, 2.24) is 0 Å². The third kappa shape index (κ3) is 5.30. The highest BCUT2D eigenvalue weighted by Crippen LogP contribution is 2.39. The maximum absolute atomic E-state index is 13.6. The molecule has 0 radical (unpaired) electrons. The first-order valence-electron chi connectivity index (χ1n) is 9.22. The molecule has 162 valence electrons. The van der Waals surface area contributed by atoms with E-state index in [9.17, 15) is 9.18 Å². The number of thioether (sulfide) groups is 1. The molecule has 4 rings (SSSR count). The minimum atomic E-state index is -0.551. The fourth-order valence-corrected chi connectivity index (χ4v) is 6.54. The molecule has 1 aliphatic rings. The third-order valence-corrected chi connectivity index (χ3v) is 7.52. The maximum Gasteiger partial charge on any atom is 0.270 e. The summed E-state index contributed by atoms with van der Waals surface area (Å²) in [5.74, 6) is -0.138. The predicted molar refractivity (Wildman–Crippen MR) is 150 cm³/mol. The van der Waals surface area contributed by atoms with Crippen molar-refractivity contribution in [2.45, 2.75) is 6.61 Å². The summed E-state index contributed by atoms with van der Waals surface area (Å²) in [7, 11) is 0. The van der Waals surface area contributed by atoms with E-state index in [0.717, 1.165) is 18.3 Å². The lowest BCUT2D eigenvalue weighted by molar-refractivity contribution is -0.113. The Labute approximate surface area is 226 Å². The van der Waals surface area contributed by atoms with Crippen LogP contribution in [0.3, 0.4) is 0 Å². The lowest BCUT2D eigenvalue weighted by atomic mass is 10.1. The van der Waals surface area contributed by atoms with E-state index in [-0.39, 0.29) is 10.9 Å². The number of carbonyl (C=O) groups excluding carboxylic acids is 1. The van der Waals surface area contributed by atoms with Crippen molar-refractivity contribution in [3.05, 3.63) is 94.7 Å². The molecule has 9 heteroatoms. The molecule has 0 unspecified atom stereocenters. The normalized spacial score (nSPS) is 15.0. The van der Waals surface area contributed by atoms with Crippen molar-refractivity contribution in [3.8, 4) is 5.75 Å². The zero-order chi connectivity index (χ0) is 22.8. The largest absolute Gasteiger partial charge is 0.487 e. The number of halogens is 4. The number of anilines is 1. The number of ether oxygens (including phenoxy) is 1. The van der Waals surface area contributed by atoms with Gasteiger partial charge >= 0.3 is 0 Å². The lowest BCUT2D eigenvalue weighted by Crippen LogP contribution is -2.27. The molecule has 32 heavy (non-hydrogen) atoms. The molecule has 1 fully saturated rings. The van der Waals surface area contributed by atoms with E-state index in [4.69, 9.17) is 28.6 Å². The Kier molecular flexibility index (Phi) is 7.76. The Morgan fingerprint density at radius 2 is 1.88 bits per heavy atom. The van der Waals surface area contributed by atoms with Gasteiger partial charge in [-0.05, 0) is 87.2 Å². The van der Waals surface area contributed by atoms with Crippen LogP contribution in [0.15, 0.2) is 65.6 Å². The average Bonchev–Trinajstić information content (AvgIpc) is 3.03. The number of amides is 1. The average molecular weight is 708 g/mol. The molecule has 3 aromatic carbocycles. The van der Waals surface area contributed by atoms with Crippen LogP contribution in [0.4, 0.5) is 10.1 Å². The first kappa shape index (κ1) is 23.9. The summed E-state index contributed by atoms with van der Waals surface area (Å²) in [4.78, 5) is 15.0. The molecule has 0 saturated carbocycles. The molecule has 1 saturated heterocycles. The quantitative estimate of drug-likeness (QED) is 0.155. The van der Waals surface area contributed by atoms with E-state index in [1.807, 2.05) is 42.5 Å². The van der Waals surface area contributed by atoms with Crippen LogP contribution in [0.1, 0.15) is 11.1 Å². The van der Waals surface area contributed by atoms with Crippen molar-refractivity contribution < 1.29 is 13.9 Å². The fourth-order valence-electron chi connectivity index (χ4n) is 3.03. The first-order valence-corrected chi connectivity index (χ1v) is 13.0. The van der Waals surface area contributed by atoms with Gasteiger partial charge in [-0.1, -0.05) is 65.9 Å². The van der Waals surface area contributed by atoms with E-state index < -0.39 is 5.82 Å². The summed E-state index contributed by atoms with van der Waals surface area (Å²) in [6.45, 7) is 0.410. The summed E-state index contributed by atoms with van der Waals surface area (Å²) in [6.07, 6.45) is 1.79. The summed E-state index contributed by atoms with van der Waals surface area (Å²) in [6, 6.07) is 18.0. The number of benzene rings is 3. The van der Waals surface area contributed by atoms with Crippen molar-refractivity contribution in [3.63, 3.8) is 0 Å². The van der Waals surface area contributed by atoms with Gasteiger partial charge in [-0.15, -0.1) is 0 Å². The molecule has 1 amide bonds. The van der Waals surface area contributed by atoms with Gasteiger partial charge in [0.25, 0.3) is 5.91 Å². The Hall–Kier alpha value is -1.21. The van der Waals surface area contributed by atoms with Crippen molar-refractivity contribution in [2.24, 2.45) is 0 Å². The Bertz CT molecular complexity index is 1250. The number of nitrogens with zero attached hydrogens (tertiary/aromatic N) is 1. The molecule has 1 aliphatic heterocycles. The number of hydrogen-bond donors (Lipinski definition) is 0. The second-order valence-corrected chi connectivity index (χ2v) is 11.2. The first-order chi connectivity index (χ1) is 15.3. The van der Waals surface area contributed by atoms with Gasteiger partial charge in [-0.3, -0.25) is 9.69 Å². The molecule has 3 nitrogen and oxygen atoms in total. The van der Waals surface area contributed by atoms with Gasteiger partial charge in [0.15, 0.2) is 4.32 Å². The van der Waals surface area contributed by atoms with Crippen LogP contribution in [-0.2, 0) is 11.4 Å². The summed E-state index contributed by atoms with van der Waals surface area (Å²) >= 11 is 17.0. The Morgan fingerprint density at radius 1 is 1.12 bits per heavy atom. The van der Waals surface area contributed by atoms with Crippen LogP contribution < -0.4 is 9.64 Å². The van der Waals surface area contributed by atoms with E-state index in [1.54, 1.807) is 6.08 Å². The number of hydrogen-bond acceptors (Lipinski definition) is 4. The SMILES string of the molecule is O=C1/C(=C\c2cc(I)cc(I)c2OCc2ccccc2)SC(=S)N1c1ccc(F)c(Cl)c1. The van der Waals surface area contributed by atoms with Crippen LogP contribution >= 0.6 is 80.8 Å². The van der Waals surface area contributed by atoms with Gasteiger partial charge in [-0.2, -0.15) is 0 Å². The molecular weight excluding hydrogens is 695 g/mol. The van der Waals surface area contributed by atoms with Crippen molar-refractivity contribution in [2.75, 3.05) is 4.90 Å². The van der Waals surface area contributed by atoms with Crippen LogP contribution in [0.2, 0.25) is 5.02 Å². The van der Waals surface area contributed by atoms with Gasteiger partial charge < -0.3 is 4.74 Å². The minimum absolute atomic E-state index is 0.0655. The molecule has 0 spiro atoms. The lowest BCUT2D eigenvalue weighted by Gasteiger charge is -2.15. The molecular formula is C23H13ClFI2NO2S2. The standard InChI is InChI=1S/C23H13ClFI2NO2S2/c24-17-11-16(6-7-18(17)25)28-22(29)20(32-23(28)31)9-14-8-15(26)10-19(27)21(14)30-12-13-4-2-1-3-5-13/h1-11H,12H2/b20-9+. The van der Waals surface area contributed by atoms with E-state index >= 15 is 0 Å². The smallest absolute Gasteiger partial charge is 0.270 e. The monoisotopic (exact) mass is 707 g/mol. The van der Waals surface area contributed by atoms with Crippen LogP contribution in [0.25, 0.3) is 6.08 Å². The highest BCUT2D eigenvalue weighted by Gasteiger charge is 2.34. The summed E-state index contributed by atoms with van der Waals surface area (Å²) in [5, 5.41) is -0.0655. The molecule has 0 atom stereocenters. The Balaban J connectivity index is 1.66. The van der Waals surface area contributed by atoms with Gasteiger partial charge in [0.05, 0.1) is 19.2 Å². The summed E-state index contributed by atoms with van der Waals surface area (Å²) in [5.41, 5.74) is 2.27. The zero-order valence-corrected chi connectivity index (χ0v) is 22.9. The second-order valence-electron chi connectivity index (χ2n) is 6.70. The molecule has 0 N–H and O–H groups in total. The predicted octanol–water partition coefficient (Wildman–Crippen LogP) is 7.67. The topological polar surface area (TPSA) is 29.5 Å². The van der Waals surface area contributed by atoms with Crippen LogP contribution in [0.5, 0.6) is 5.75 Å².